The van der Waals surface area contributed by atoms with E-state index in [1.54, 1.807) is 36.4 Å². The number of hydrogen-bond donors (Lipinski definition) is 12. The molecule has 0 spiro atoms. The molecule has 0 unspecified atom stereocenters. The molecule has 0 saturated heterocycles. The van der Waals surface area contributed by atoms with Crippen LogP contribution < -0.4 is 58.2 Å². The smallest absolute Gasteiger partial charge is 0.335 e. The van der Waals surface area contributed by atoms with Gasteiger partial charge in [0.25, 0.3) is 0 Å². The number of ketones is 6. The van der Waals surface area contributed by atoms with Gasteiger partial charge in [-0.05, 0) is 172 Å². The van der Waals surface area contributed by atoms with Crippen LogP contribution in [-0.4, -0.2) is 285 Å². The van der Waals surface area contributed by atoms with Crippen molar-refractivity contribution in [2.75, 3.05) is 152 Å². The maximum atomic E-state index is 13.2. The van der Waals surface area contributed by atoms with E-state index in [9.17, 15) is 86.9 Å². The van der Waals surface area contributed by atoms with Gasteiger partial charge in [0.05, 0.1) is 96.9 Å². The van der Waals surface area contributed by atoms with Gasteiger partial charge in [0, 0.05) is 115 Å². The number of nitrogens with two attached hydrogens (primary N) is 2. The summed E-state index contributed by atoms with van der Waals surface area (Å²) in [4.78, 5) is 196. The van der Waals surface area contributed by atoms with Gasteiger partial charge in [0.1, 0.15) is 67.4 Å². The molecule has 139 heavy (non-hydrogen) atoms. The molecule has 0 saturated carbocycles. The van der Waals surface area contributed by atoms with E-state index in [1.165, 1.54) is 26.0 Å². The Bertz CT molecular complexity index is 3780. The summed E-state index contributed by atoms with van der Waals surface area (Å²) in [6.45, 7) is 9.61. The lowest BCUT2D eigenvalue weighted by molar-refractivity contribution is -0.142. The van der Waals surface area contributed by atoms with E-state index in [0.29, 0.717) is 166 Å². The summed E-state index contributed by atoms with van der Waals surface area (Å²) in [7, 11) is 0. The molecule has 0 aromatic heterocycles. The zero-order valence-electron chi connectivity index (χ0n) is 82.9. The summed E-state index contributed by atoms with van der Waals surface area (Å²) in [5, 5.41) is 47.1. The fraction of sp³-hybridized carbons (Fsp3) is 0.723. The molecule has 0 aliphatic rings. The van der Waals surface area contributed by atoms with Gasteiger partial charge in [-0.15, -0.1) is 0 Å². The number of hydrogen-bond acceptors (Lipinski definition) is 28. The first-order valence-corrected chi connectivity index (χ1v) is 50.4. The fourth-order valence-electron chi connectivity index (χ4n) is 14.4. The Kier molecular flexibility index (Phi) is 75.9. The molecule has 0 aliphatic carbocycles. The van der Waals surface area contributed by atoms with Crippen molar-refractivity contribution in [2.45, 2.75) is 308 Å². The molecule has 14 N–H and O–H groups in total. The van der Waals surface area contributed by atoms with Gasteiger partial charge < -0.3 is 111 Å². The molecule has 0 fully saturated rings. The standard InChI is InChI=1S/C101H165N9O29/c1-76(31-21-24-53-107-97(122)87(102)36-18-16-17-33-83(114)72-134-67-66-133-62-56-106-96(121)75-137-70-63-130-57-29-34-82(113)44-49-89(100(126)127)109-93(118)38-19-12-8-4-6-10-14-27-59-138-85-45-40-79(41-46-85)77(2)111)91(116)71-81(78(3)112)32-22-25-54-108-98(123)88(103)37-23-26-52-104-95(120)74-136-69-64-131-58-30-35-84(115)73-135-68-65-132-61-55-105-92(117)51-50-90(101(128)129)110-94(119)39-20-13-9-5-7-11-15-28-60-139-86-47-42-80(43-48-86)99(124)125/h40-43,45-48,76,81,87-90H,4-39,44,49-75,102-103H2,1-3H3,(H,104,120)(H,105,117)(H,106,121)(H,107,122)(H,108,123)(H,109,118)(H,110,119)(H,124,125)(H,126,127)(H,128,129)/t76-,81+,87-,88-,89-,90-/m0/s1. The van der Waals surface area contributed by atoms with Crippen molar-refractivity contribution >= 4 is 94.0 Å². The van der Waals surface area contributed by atoms with E-state index in [-0.39, 0.29) is 258 Å². The van der Waals surface area contributed by atoms with Gasteiger partial charge in [-0.3, -0.25) is 62.3 Å². The molecule has 2 aromatic rings. The first-order valence-electron chi connectivity index (χ1n) is 50.4. The minimum Gasteiger partial charge on any atom is -0.494 e. The van der Waals surface area contributed by atoms with Gasteiger partial charge in [-0.25, -0.2) is 14.4 Å². The SMILES string of the molecule is CC(=O)c1ccc(OCCCCCCCCCCC(=O)N[C@@H](CCC(=O)CCCOCCOCC(=O)NCCOCCOCC(=O)CCCCC[C@H](N)C(=O)NCCCC[C@H](C)C(=O)C[C@@H](CCCCNC(=O)[C@@H](N)CCCCNC(=O)COCCOCCCC(=O)COCCOCCNC(=O)CC[C@H](NC(=O)CCCCCCCCCCOc2ccc(C(=O)O)cc2)C(=O)O)C(C)=O)C(=O)O)cc1. The molecule has 0 heterocycles. The summed E-state index contributed by atoms with van der Waals surface area (Å²) < 4.78 is 54.9. The molecule has 2 rings (SSSR count). The number of aliphatic carboxylic acids is 2. The first-order chi connectivity index (χ1) is 67.0. The van der Waals surface area contributed by atoms with E-state index < -0.39 is 48.0 Å². The molecular weight excluding hydrogens is 1800 g/mol. The van der Waals surface area contributed by atoms with Crippen LogP contribution >= 0.6 is 0 Å². The number of Topliss-reactive ketones (excluding diaryl/α,β-unsaturated/α-hetero) is 6. The van der Waals surface area contributed by atoms with Crippen LogP contribution in [0.5, 0.6) is 11.5 Å². The van der Waals surface area contributed by atoms with Crippen molar-refractivity contribution in [1.29, 1.82) is 0 Å². The van der Waals surface area contributed by atoms with Crippen molar-refractivity contribution < 1.29 is 139 Å². The van der Waals surface area contributed by atoms with E-state index in [1.807, 2.05) is 6.92 Å². The van der Waals surface area contributed by atoms with E-state index in [4.69, 9.17) is 63.9 Å². The second-order valence-corrected chi connectivity index (χ2v) is 35.1. The number of unbranched alkanes of at least 4 members (excludes halogenated alkanes) is 19. The lowest BCUT2D eigenvalue weighted by Crippen LogP contribution is -2.41. The van der Waals surface area contributed by atoms with Crippen molar-refractivity contribution in [3.8, 4) is 11.5 Å². The number of benzene rings is 2. The molecule has 2 aromatic carbocycles. The largest absolute Gasteiger partial charge is 0.494 e. The Morgan fingerprint density at radius 3 is 1.10 bits per heavy atom. The fourth-order valence-corrected chi connectivity index (χ4v) is 14.4. The maximum Gasteiger partial charge on any atom is 0.335 e. The van der Waals surface area contributed by atoms with Crippen LogP contribution in [0.4, 0.5) is 0 Å². The molecule has 38 heteroatoms. The van der Waals surface area contributed by atoms with Crippen LogP contribution in [0, 0.1) is 11.8 Å². The molecule has 788 valence electrons. The molecule has 0 bridgehead atoms. The Morgan fingerprint density at radius 2 is 0.655 bits per heavy atom. The third-order valence-corrected chi connectivity index (χ3v) is 22.9. The van der Waals surface area contributed by atoms with E-state index in [0.717, 1.165) is 95.6 Å². The second-order valence-electron chi connectivity index (χ2n) is 35.1. The molecule has 7 amide bonds. The molecule has 38 nitrogen and oxygen atoms in total. The lowest BCUT2D eigenvalue weighted by Gasteiger charge is -2.17. The third-order valence-electron chi connectivity index (χ3n) is 22.9. The highest BCUT2D eigenvalue weighted by molar-refractivity contribution is 5.94. The van der Waals surface area contributed by atoms with Crippen LogP contribution in [0.25, 0.3) is 0 Å². The monoisotopic (exact) mass is 1970 g/mol. The molecular formula is C101H165N9O29. The summed E-state index contributed by atoms with van der Waals surface area (Å²) in [6.07, 6.45) is 24.9. The van der Waals surface area contributed by atoms with Crippen LogP contribution in [0.15, 0.2) is 48.5 Å². The number of rotatable bonds is 97. The highest BCUT2D eigenvalue weighted by Gasteiger charge is 2.26. The van der Waals surface area contributed by atoms with Gasteiger partial charge in [0.15, 0.2) is 17.3 Å². The van der Waals surface area contributed by atoms with Crippen molar-refractivity contribution in [3.63, 3.8) is 0 Å². The van der Waals surface area contributed by atoms with Crippen molar-refractivity contribution in [1.82, 2.24) is 37.2 Å². The summed E-state index contributed by atoms with van der Waals surface area (Å²) in [5.74, 6) is -5.33. The lowest BCUT2D eigenvalue weighted by atomic mass is 9.87. The van der Waals surface area contributed by atoms with E-state index in [2.05, 4.69) is 37.2 Å². The van der Waals surface area contributed by atoms with Crippen LogP contribution in [-0.2, 0) is 105 Å². The van der Waals surface area contributed by atoms with Crippen molar-refractivity contribution in [2.24, 2.45) is 23.3 Å². The topological polar surface area (TPSA) is 562 Å². The average Bonchev–Trinajstić information content (AvgIpc) is 0.900. The number of amides is 7. The van der Waals surface area contributed by atoms with E-state index >= 15 is 0 Å². The zero-order valence-corrected chi connectivity index (χ0v) is 82.9. The second kappa shape index (κ2) is 84.1. The predicted molar refractivity (Wildman–Crippen MR) is 520 cm³/mol. The number of carbonyl (C=O) groups is 16. The number of aromatic carboxylic acids is 1. The minimum atomic E-state index is -1.22. The van der Waals surface area contributed by atoms with Crippen LogP contribution in [0.1, 0.15) is 305 Å². The number of carboxylic acids is 3. The molecule has 0 radical (unpaired) electrons. The normalized spacial score (nSPS) is 12.5. The quantitative estimate of drug-likeness (QED) is 0.0216. The Morgan fingerprint density at radius 1 is 0.302 bits per heavy atom. The number of carbonyl (C=O) groups excluding carboxylic acids is 13. The number of carboxylic acid groups (broad SMARTS) is 3. The first kappa shape index (κ1) is 125. The Hall–Kier alpha value is -9.64. The van der Waals surface area contributed by atoms with Crippen LogP contribution in [0.2, 0.25) is 0 Å². The van der Waals surface area contributed by atoms with Crippen molar-refractivity contribution in [3.05, 3.63) is 59.7 Å². The highest BCUT2D eigenvalue weighted by atomic mass is 16.5. The van der Waals surface area contributed by atoms with Gasteiger partial charge in [-0.2, -0.15) is 0 Å². The maximum absolute atomic E-state index is 13.2. The van der Waals surface area contributed by atoms with Gasteiger partial charge >= 0.3 is 17.9 Å². The molecule has 6 atom stereocenters. The Labute approximate surface area is 821 Å². The predicted octanol–water partition coefficient (Wildman–Crippen LogP) is 9.66. The van der Waals surface area contributed by atoms with Gasteiger partial charge in [-0.1, -0.05) is 110 Å². The minimum absolute atomic E-state index is 0.00115. The summed E-state index contributed by atoms with van der Waals surface area (Å²) >= 11 is 0. The van der Waals surface area contributed by atoms with Crippen LogP contribution in [0.3, 0.4) is 0 Å². The highest BCUT2D eigenvalue weighted by Crippen LogP contribution is 2.22. The summed E-state index contributed by atoms with van der Waals surface area (Å²) in [5.41, 5.74) is 13.1. The zero-order chi connectivity index (χ0) is 102. The summed E-state index contributed by atoms with van der Waals surface area (Å²) in [6, 6.07) is 9.69. The Balaban J connectivity index is 1.33. The average molecular weight is 1970 g/mol. The molecule has 0 aliphatic heterocycles. The number of ether oxygens (including phenoxy) is 10. The third kappa shape index (κ3) is 72.3. The van der Waals surface area contributed by atoms with Gasteiger partial charge in [0.2, 0.25) is 41.4 Å². The number of nitrogens with one attached hydrogen (secondary N) is 7.